The molecule has 0 aliphatic rings. The fourth-order valence-corrected chi connectivity index (χ4v) is 2.02. The summed E-state index contributed by atoms with van der Waals surface area (Å²) in [6, 6.07) is 8.64. The van der Waals surface area contributed by atoms with E-state index in [-0.39, 0.29) is 5.91 Å². The molecule has 0 spiro atoms. The first kappa shape index (κ1) is 14.0. The average Bonchev–Trinajstić information content (AvgIpc) is 2.89. The molecule has 2 rings (SSSR count). The van der Waals surface area contributed by atoms with Gasteiger partial charge in [0.2, 0.25) is 0 Å². The van der Waals surface area contributed by atoms with Crippen molar-refractivity contribution in [2.45, 2.75) is 6.92 Å². The van der Waals surface area contributed by atoms with E-state index in [1.807, 2.05) is 18.4 Å². The van der Waals surface area contributed by atoms with Gasteiger partial charge < -0.3 is 0 Å². The number of benzene rings is 1. The van der Waals surface area contributed by atoms with Crippen molar-refractivity contribution in [3.63, 3.8) is 0 Å². The van der Waals surface area contributed by atoms with Crippen LogP contribution in [0.25, 0.3) is 6.08 Å². The molecule has 0 fully saturated rings. The summed E-state index contributed by atoms with van der Waals surface area (Å²) < 4.78 is 0. The Labute approximate surface area is 120 Å². The van der Waals surface area contributed by atoms with Crippen molar-refractivity contribution in [1.29, 1.82) is 0 Å². The Morgan fingerprint density at radius 1 is 1.20 bits per heavy atom. The van der Waals surface area contributed by atoms with Crippen LogP contribution in [0.5, 0.6) is 0 Å². The molecule has 0 bridgehead atoms. The molecule has 20 heavy (non-hydrogen) atoms. The number of hydrogen-bond acceptors (Lipinski definition) is 4. The summed E-state index contributed by atoms with van der Waals surface area (Å²) in [5, 5.41) is 2.78. The molecule has 0 radical (unpaired) electrons. The van der Waals surface area contributed by atoms with Gasteiger partial charge in [0, 0.05) is 17.0 Å². The van der Waals surface area contributed by atoms with Gasteiger partial charge in [-0.15, -0.1) is 11.3 Å². The molecule has 0 atom stereocenters. The Bertz CT molecular complexity index is 635. The number of amides is 2. The van der Waals surface area contributed by atoms with Gasteiger partial charge in [-0.3, -0.25) is 20.4 Å². The van der Waals surface area contributed by atoms with Crippen LogP contribution in [0.2, 0.25) is 0 Å². The van der Waals surface area contributed by atoms with Crippen LogP contribution in [-0.2, 0) is 4.79 Å². The number of carbonyl (C=O) groups excluding carboxylic acids is 2. The van der Waals surface area contributed by atoms with Gasteiger partial charge in [0.05, 0.1) is 10.7 Å². The zero-order chi connectivity index (χ0) is 14.4. The third-order valence-electron chi connectivity index (χ3n) is 2.38. The fraction of sp³-hybridized carbons (Fsp3) is 0.0714. The standard InChI is InChI=1S/C14H13N3O2S/c1-10-15-12(9-20-10)7-8-13(18)16-17-14(19)11-5-3-2-4-6-11/h2-9H,1H3,(H,16,18)(H,17,19)/b8-7+. The van der Waals surface area contributed by atoms with Gasteiger partial charge in [-0.2, -0.15) is 0 Å². The van der Waals surface area contributed by atoms with Crippen LogP contribution in [0.15, 0.2) is 41.8 Å². The lowest BCUT2D eigenvalue weighted by Gasteiger charge is -2.04. The third-order valence-corrected chi connectivity index (χ3v) is 3.17. The molecule has 0 aliphatic heterocycles. The summed E-state index contributed by atoms with van der Waals surface area (Å²) in [4.78, 5) is 27.4. The molecule has 102 valence electrons. The lowest BCUT2D eigenvalue weighted by molar-refractivity contribution is -0.117. The number of nitrogens with zero attached hydrogens (tertiary/aromatic N) is 1. The predicted molar refractivity (Wildman–Crippen MR) is 77.9 cm³/mol. The van der Waals surface area contributed by atoms with Gasteiger partial charge in [-0.1, -0.05) is 18.2 Å². The van der Waals surface area contributed by atoms with E-state index in [2.05, 4.69) is 15.8 Å². The second-order valence-electron chi connectivity index (χ2n) is 3.93. The Kier molecular flexibility index (Phi) is 4.62. The van der Waals surface area contributed by atoms with E-state index >= 15 is 0 Å². The zero-order valence-electron chi connectivity index (χ0n) is 10.8. The summed E-state index contributed by atoms with van der Waals surface area (Å²) in [5.41, 5.74) is 5.84. The molecule has 1 aromatic carbocycles. The normalized spacial score (nSPS) is 10.4. The monoisotopic (exact) mass is 287 g/mol. The van der Waals surface area contributed by atoms with Crippen molar-refractivity contribution >= 4 is 29.2 Å². The van der Waals surface area contributed by atoms with Crippen molar-refractivity contribution in [3.8, 4) is 0 Å². The number of carbonyl (C=O) groups is 2. The van der Waals surface area contributed by atoms with Gasteiger partial charge in [0.1, 0.15) is 0 Å². The molecular formula is C14H13N3O2S. The van der Waals surface area contributed by atoms with Crippen LogP contribution < -0.4 is 10.9 Å². The highest BCUT2D eigenvalue weighted by Crippen LogP contribution is 2.08. The summed E-state index contributed by atoms with van der Waals surface area (Å²) in [5.74, 6) is -0.781. The van der Waals surface area contributed by atoms with E-state index in [1.54, 1.807) is 30.3 Å². The SMILES string of the molecule is Cc1nc(/C=C/C(=O)NNC(=O)c2ccccc2)cs1. The van der Waals surface area contributed by atoms with Gasteiger partial charge in [0.25, 0.3) is 11.8 Å². The van der Waals surface area contributed by atoms with Crippen LogP contribution in [0.4, 0.5) is 0 Å². The first-order valence-corrected chi connectivity index (χ1v) is 6.78. The van der Waals surface area contributed by atoms with Crippen LogP contribution in [-0.4, -0.2) is 16.8 Å². The lowest BCUT2D eigenvalue weighted by atomic mass is 10.2. The predicted octanol–water partition coefficient (Wildman–Crippen LogP) is 1.93. The minimum absolute atomic E-state index is 0.364. The molecule has 2 amide bonds. The highest BCUT2D eigenvalue weighted by molar-refractivity contribution is 7.09. The van der Waals surface area contributed by atoms with E-state index in [4.69, 9.17) is 0 Å². The quantitative estimate of drug-likeness (QED) is 0.669. The van der Waals surface area contributed by atoms with E-state index in [0.29, 0.717) is 5.56 Å². The molecule has 0 saturated heterocycles. The number of rotatable bonds is 3. The smallest absolute Gasteiger partial charge is 0.268 e. The Morgan fingerprint density at radius 3 is 2.60 bits per heavy atom. The maximum atomic E-state index is 11.7. The number of nitrogens with one attached hydrogen (secondary N) is 2. The summed E-state index contributed by atoms with van der Waals surface area (Å²) >= 11 is 1.51. The third kappa shape index (κ3) is 4.03. The van der Waals surface area contributed by atoms with Crippen molar-refractivity contribution in [3.05, 3.63) is 58.1 Å². The topological polar surface area (TPSA) is 71.1 Å². The van der Waals surface area contributed by atoms with Crippen LogP contribution in [0.1, 0.15) is 21.1 Å². The Hall–Kier alpha value is -2.47. The second-order valence-corrected chi connectivity index (χ2v) is 5.00. The molecule has 2 aromatic rings. The average molecular weight is 287 g/mol. The van der Waals surface area contributed by atoms with Crippen LogP contribution in [0.3, 0.4) is 0 Å². The number of hydrogen-bond donors (Lipinski definition) is 2. The van der Waals surface area contributed by atoms with Gasteiger partial charge in [-0.05, 0) is 25.1 Å². The maximum absolute atomic E-state index is 11.7. The summed E-state index contributed by atoms with van der Waals surface area (Å²) in [7, 11) is 0. The van der Waals surface area contributed by atoms with E-state index in [1.165, 1.54) is 17.4 Å². The minimum atomic E-state index is -0.417. The summed E-state index contributed by atoms with van der Waals surface area (Å²) in [6.45, 7) is 1.89. The molecule has 2 N–H and O–H groups in total. The maximum Gasteiger partial charge on any atom is 0.269 e. The van der Waals surface area contributed by atoms with Crippen molar-refractivity contribution < 1.29 is 9.59 Å². The highest BCUT2D eigenvalue weighted by Gasteiger charge is 2.04. The molecule has 1 heterocycles. The number of thiazole rings is 1. The number of aromatic nitrogens is 1. The zero-order valence-corrected chi connectivity index (χ0v) is 11.6. The van der Waals surface area contributed by atoms with Crippen molar-refractivity contribution in [1.82, 2.24) is 15.8 Å². The summed E-state index contributed by atoms with van der Waals surface area (Å²) in [6.07, 6.45) is 2.91. The molecule has 5 nitrogen and oxygen atoms in total. The van der Waals surface area contributed by atoms with E-state index < -0.39 is 5.91 Å². The second kappa shape index (κ2) is 6.63. The van der Waals surface area contributed by atoms with Crippen LogP contribution >= 0.6 is 11.3 Å². The van der Waals surface area contributed by atoms with E-state index in [9.17, 15) is 9.59 Å². The lowest BCUT2D eigenvalue weighted by Crippen LogP contribution is -2.40. The first-order valence-electron chi connectivity index (χ1n) is 5.91. The molecule has 0 unspecified atom stereocenters. The fourth-order valence-electron chi connectivity index (χ4n) is 1.44. The molecule has 6 heteroatoms. The number of hydrazine groups is 1. The highest BCUT2D eigenvalue weighted by atomic mass is 32.1. The molecular weight excluding hydrogens is 274 g/mol. The molecule has 0 aliphatic carbocycles. The first-order chi connectivity index (χ1) is 9.65. The molecule has 1 aromatic heterocycles. The minimum Gasteiger partial charge on any atom is -0.268 e. The van der Waals surface area contributed by atoms with Crippen LogP contribution in [0, 0.1) is 6.92 Å². The van der Waals surface area contributed by atoms with Crippen molar-refractivity contribution in [2.24, 2.45) is 0 Å². The Morgan fingerprint density at radius 2 is 1.95 bits per heavy atom. The number of aryl methyl sites for hydroxylation is 1. The van der Waals surface area contributed by atoms with Crippen molar-refractivity contribution in [2.75, 3.05) is 0 Å². The van der Waals surface area contributed by atoms with Gasteiger partial charge in [0.15, 0.2) is 0 Å². The molecule has 0 saturated carbocycles. The Balaban J connectivity index is 1.83. The largest absolute Gasteiger partial charge is 0.269 e. The van der Waals surface area contributed by atoms with Gasteiger partial charge in [-0.25, -0.2) is 4.98 Å². The van der Waals surface area contributed by atoms with E-state index in [0.717, 1.165) is 10.7 Å². The van der Waals surface area contributed by atoms with Gasteiger partial charge >= 0.3 is 0 Å².